The topological polar surface area (TPSA) is 69.3 Å². The van der Waals surface area contributed by atoms with Crippen molar-refractivity contribution in [1.82, 2.24) is 19.2 Å². The Morgan fingerprint density at radius 1 is 1.28 bits per heavy atom. The van der Waals surface area contributed by atoms with Gasteiger partial charge >= 0.3 is 0 Å². The zero-order valence-electron chi connectivity index (χ0n) is 11.5. The average molecular weight is 274 g/mol. The molecule has 0 unspecified atom stereocenters. The lowest BCUT2D eigenvalue weighted by molar-refractivity contribution is 0.332. The lowest BCUT2D eigenvalue weighted by Gasteiger charge is -2.22. The van der Waals surface area contributed by atoms with Crippen LogP contribution in [0.4, 0.5) is 0 Å². The van der Waals surface area contributed by atoms with Gasteiger partial charge < -0.3 is 9.88 Å². The number of hydrogen-bond donors (Lipinski definition) is 1. The molecule has 1 N–H and O–H groups in total. The van der Waals surface area contributed by atoms with E-state index in [0.29, 0.717) is 25.5 Å². The van der Waals surface area contributed by atoms with E-state index in [1.807, 2.05) is 25.9 Å². The maximum Gasteiger partial charge on any atom is 0.260 e. The van der Waals surface area contributed by atoms with E-state index in [1.54, 1.807) is 6.92 Å². The molecule has 1 rings (SSSR count). The Hall–Kier alpha value is -0.920. The van der Waals surface area contributed by atoms with Crippen LogP contribution in [0.3, 0.4) is 0 Å². The molecule has 0 aliphatic carbocycles. The van der Waals surface area contributed by atoms with E-state index >= 15 is 0 Å². The van der Waals surface area contributed by atoms with Gasteiger partial charge in [0.2, 0.25) is 0 Å². The molecule has 104 valence electrons. The van der Waals surface area contributed by atoms with Gasteiger partial charge in [0.25, 0.3) is 10.0 Å². The molecule has 0 fully saturated rings. The highest BCUT2D eigenvalue weighted by atomic mass is 32.2. The highest BCUT2D eigenvalue weighted by Crippen LogP contribution is 2.13. The van der Waals surface area contributed by atoms with Gasteiger partial charge in [-0.2, -0.15) is 4.31 Å². The number of nitrogens with one attached hydrogen (secondary N) is 1. The summed E-state index contributed by atoms with van der Waals surface area (Å²) in [4.78, 5) is 8.71. The third-order valence-electron chi connectivity index (χ3n) is 2.57. The van der Waals surface area contributed by atoms with Gasteiger partial charge in [-0.05, 0) is 27.4 Å². The highest BCUT2D eigenvalue weighted by molar-refractivity contribution is 7.89. The largest absolute Gasteiger partial charge is 0.332 e. The minimum atomic E-state index is -3.45. The van der Waals surface area contributed by atoms with Gasteiger partial charge in [0, 0.05) is 19.6 Å². The monoisotopic (exact) mass is 274 g/mol. The van der Waals surface area contributed by atoms with E-state index in [2.05, 4.69) is 9.97 Å². The van der Waals surface area contributed by atoms with Crippen LogP contribution in [0.25, 0.3) is 0 Å². The molecule has 0 radical (unpaired) electrons. The molecule has 0 atom stereocenters. The average Bonchev–Trinajstić information content (AvgIpc) is 2.71. The van der Waals surface area contributed by atoms with Crippen LogP contribution in [0.5, 0.6) is 0 Å². The summed E-state index contributed by atoms with van der Waals surface area (Å²) in [7, 11) is 0.406. The standard InChI is InChI=1S/C11H22N4O2S/c1-5-6-15(8-7-14(3)4)18(16,17)11-9-12-10(2)13-11/h9H,5-8H2,1-4H3,(H,12,13). The molecular weight excluding hydrogens is 252 g/mol. The number of aromatic amines is 1. The summed E-state index contributed by atoms with van der Waals surface area (Å²) in [6.07, 6.45) is 2.17. The fourth-order valence-electron chi connectivity index (χ4n) is 1.58. The van der Waals surface area contributed by atoms with Crippen molar-refractivity contribution in [3.05, 3.63) is 12.0 Å². The van der Waals surface area contributed by atoms with Crippen molar-refractivity contribution in [2.75, 3.05) is 33.7 Å². The van der Waals surface area contributed by atoms with Gasteiger partial charge in [0.1, 0.15) is 5.82 Å². The van der Waals surface area contributed by atoms with E-state index in [-0.39, 0.29) is 5.03 Å². The number of hydrogen-bond acceptors (Lipinski definition) is 4. The van der Waals surface area contributed by atoms with Crippen LogP contribution in [0.15, 0.2) is 11.2 Å². The third-order valence-corrected chi connectivity index (χ3v) is 4.38. The summed E-state index contributed by atoms with van der Waals surface area (Å²) < 4.78 is 26.3. The van der Waals surface area contributed by atoms with Gasteiger partial charge in [-0.25, -0.2) is 13.4 Å². The summed E-state index contributed by atoms with van der Waals surface area (Å²) in [6.45, 7) is 5.42. The summed E-state index contributed by atoms with van der Waals surface area (Å²) in [5, 5.41) is 0.173. The van der Waals surface area contributed by atoms with Crippen molar-refractivity contribution in [1.29, 1.82) is 0 Å². The van der Waals surface area contributed by atoms with E-state index in [1.165, 1.54) is 10.5 Å². The lowest BCUT2D eigenvalue weighted by atomic mass is 10.4. The first-order valence-electron chi connectivity index (χ1n) is 6.04. The van der Waals surface area contributed by atoms with Crippen LogP contribution >= 0.6 is 0 Å². The number of H-pyrrole nitrogens is 1. The Morgan fingerprint density at radius 2 is 1.94 bits per heavy atom. The zero-order chi connectivity index (χ0) is 13.8. The quantitative estimate of drug-likeness (QED) is 0.794. The number of likely N-dealkylation sites (N-methyl/N-ethyl adjacent to an activating group) is 1. The number of nitrogens with zero attached hydrogens (tertiary/aromatic N) is 3. The van der Waals surface area contributed by atoms with Crippen LogP contribution in [0, 0.1) is 6.92 Å². The van der Waals surface area contributed by atoms with Crippen LogP contribution in [0.1, 0.15) is 19.2 Å². The number of rotatable bonds is 7. The van der Waals surface area contributed by atoms with Crippen molar-refractivity contribution in [2.45, 2.75) is 25.3 Å². The Morgan fingerprint density at radius 3 is 2.39 bits per heavy atom. The molecule has 0 spiro atoms. The maximum absolute atomic E-state index is 12.4. The van der Waals surface area contributed by atoms with Crippen molar-refractivity contribution < 1.29 is 8.42 Å². The lowest BCUT2D eigenvalue weighted by Crippen LogP contribution is -2.37. The minimum absolute atomic E-state index is 0.173. The van der Waals surface area contributed by atoms with Crippen LogP contribution in [-0.2, 0) is 10.0 Å². The molecule has 0 saturated heterocycles. The summed E-state index contributed by atoms with van der Waals surface area (Å²) >= 11 is 0. The smallest absolute Gasteiger partial charge is 0.260 e. The molecule has 1 aromatic heterocycles. The number of sulfonamides is 1. The van der Waals surface area contributed by atoms with Gasteiger partial charge in [-0.15, -0.1) is 0 Å². The number of aromatic nitrogens is 2. The molecule has 0 aliphatic rings. The first kappa shape index (κ1) is 15.1. The highest BCUT2D eigenvalue weighted by Gasteiger charge is 2.25. The molecule has 6 nitrogen and oxygen atoms in total. The second-order valence-corrected chi connectivity index (χ2v) is 6.45. The van der Waals surface area contributed by atoms with E-state index in [4.69, 9.17) is 0 Å². The predicted molar refractivity (Wildman–Crippen MR) is 70.9 cm³/mol. The van der Waals surface area contributed by atoms with Crippen LogP contribution < -0.4 is 0 Å². The van der Waals surface area contributed by atoms with Crippen LogP contribution in [0.2, 0.25) is 0 Å². The zero-order valence-corrected chi connectivity index (χ0v) is 12.3. The van der Waals surface area contributed by atoms with Crippen LogP contribution in [-0.4, -0.2) is 61.3 Å². The van der Waals surface area contributed by atoms with Crippen molar-refractivity contribution >= 4 is 10.0 Å². The Labute approximate surface area is 109 Å². The van der Waals surface area contributed by atoms with Crippen molar-refractivity contribution in [3.63, 3.8) is 0 Å². The summed E-state index contributed by atoms with van der Waals surface area (Å²) in [6, 6.07) is 0. The van der Waals surface area contributed by atoms with Gasteiger partial charge in [-0.1, -0.05) is 6.92 Å². The molecule has 1 aromatic rings. The second kappa shape index (κ2) is 6.31. The van der Waals surface area contributed by atoms with E-state index in [0.717, 1.165) is 6.42 Å². The normalized spacial score (nSPS) is 12.6. The van der Waals surface area contributed by atoms with Crippen molar-refractivity contribution in [3.8, 4) is 0 Å². The third kappa shape index (κ3) is 3.79. The number of imidazole rings is 1. The summed E-state index contributed by atoms with van der Waals surface area (Å²) in [5.41, 5.74) is 0. The fourth-order valence-corrected chi connectivity index (χ4v) is 3.07. The van der Waals surface area contributed by atoms with Gasteiger partial charge in [0.05, 0.1) is 6.20 Å². The molecule has 0 amide bonds. The molecule has 0 aromatic carbocycles. The molecular formula is C11H22N4O2S. The molecule has 1 heterocycles. The molecule has 18 heavy (non-hydrogen) atoms. The van der Waals surface area contributed by atoms with Gasteiger partial charge in [0.15, 0.2) is 5.03 Å². The molecule has 7 heteroatoms. The first-order chi connectivity index (χ1) is 8.37. The Bertz CT molecular complexity index is 467. The van der Waals surface area contributed by atoms with E-state index in [9.17, 15) is 8.42 Å². The van der Waals surface area contributed by atoms with E-state index < -0.39 is 10.0 Å². The SMILES string of the molecule is CCCN(CCN(C)C)S(=O)(=O)c1cnc(C)[nH]1. The second-order valence-electron chi connectivity index (χ2n) is 4.54. The first-order valence-corrected chi connectivity index (χ1v) is 7.48. The fraction of sp³-hybridized carbons (Fsp3) is 0.727. The molecule has 0 aliphatic heterocycles. The van der Waals surface area contributed by atoms with Gasteiger partial charge in [-0.3, -0.25) is 0 Å². The Kier molecular flexibility index (Phi) is 5.30. The molecule has 0 bridgehead atoms. The predicted octanol–water partition coefficient (Wildman–Crippen LogP) is 0.680. The number of aryl methyl sites for hydroxylation is 1. The summed E-state index contributed by atoms with van der Waals surface area (Å²) in [5.74, 6) is 0.609. The minimum Gasteiger partial charge on any atom is -0.332 e. The Balaban J connectivity index is 2.89. The van der Waals surface area contributed by atoms with Crippen molar-refractivity contribution in [2.24, 2.45) is 0 Å². The molecule has 0 saturated carbocycles. The maximum atomic E-state index is 12.4.